The van der Waals surface area contributed by atoms with E-state index in [2.05, 4.69) is 20.1 Å². The maximum absolute atomic E-state index is 11.2. The van der Waals surface area contributed by atoms with E-state index in [1.165, 1.54) is 0 Å². The molecule has 0 bridgehead atoms. The Balaban J connectivity index is 2.03. The summed E-state index contributed by atoms with van der Waals surface area (Å²) in [6.45, 7) is 0. The molecule has 7 heteroatoms. The number of hydrogen-bond acceptors (Lipinski definition) is 5. The van der Waals surface area contributed by atoms with Crippen molar-refractivity contribution < 1.29 is 8.42 Å². The first-order chi connectivity index (χ1) is 9.51. The number of nitrogens with one attached hydrogen (secondary N) is 1. The summed E-state index contributed by atoms with van der Waals surface area (Å²) in [5, 5.41) is 4.93. The summed E-state index contributed by atoms with van der Waals surface area (Å²) < 4.78 is 24.7. The van der Waals surface area contributed by atoms with Gasteiger partial charge >= 0.3 is 0 Å². The number of fused-ring (bicyclic) bond motifs is 1. The van der Waals surface area contributed by atoms with Gasteiger partial charge in [0.15, 0.2) is 5.65 Å². The Labute approximate surface area is 120 Å². The Morgan fingerprint density at radius 2 is 2.05 bits per heavy atom. The summed E-state index contributed by atoms with van der Waals surface area (Å²) in [5.74, 6) is 0.274. The van der Waals surface area contributed by atoms with Gasteiger partial charge < -0.3 is 0 Å². The number of pyridine rings is 2. The molecular formula is C13H11N3O2S2. The van der Waals surface area contributed by atoms with Crippen LogP contribution in [0.2, 0.25) is 0 Å². The number of aromatic nitrogens is 2. The summed E-state index contributed by atoms with van der Waals surface area (Å²) in [7, 11) is -3.33. The van der Waals surface area contributed by atoms with E-state index in [0.717, 1.165) is 22.8 Å². The van der Waals surface area contributed by atoms with E-state index in [-0.39, 0.29) is 5.82 Å². The third kappa shape index (κ3) is 2.78. The molecule has 0 spiro atoms. The molecule has 3 aromatic heterocycles. The quantitative estimate of drug-likeness (QED) is 0.807. The lowest BCUT2D eigenvalue weighted by molar-refractivity contribution is 0.606. The highest BCUT2D eigenvalue weighted by Crippen LogP contribution is 2.24. The van der Waals surface area contributed by atoms with E-state index >= 15 is 0 Å². The number of anilines is 1. The molecule has 1 N–H and O–H groups in total. The molecule has 0 saturated carbocycles. The number of rotatable bonds is 3. The second-order valence-electron chi connectivity index (χ2n) is 4.35. The molecule has 0 atom stereocenters. The first-order valence-corrected chi connectivity index (χ1v) is 8.62. The van der Waals surface area contributed by atoms with Crippen LogP contribution in [-0.4, -0.2) is 24.6 Å². The molecule has 0 unspecified atom stereocenters. The standard InChI is InChI=1S/C13H11N3O2S2/c1-20(17,18)16-12-3-2-9-6-11(7-14-13(9)15-12)10-4-5-19-8-10/h2-8H,1H3,(H,14,15,16). The van der Waals surface area contributed by atoms with E-state index < -0.39 is 10.0 Å². The van der Waals surface area contributed by atoms with Gasteiger partial charge in [0.05, 0.1) is 6.26 Å². The fourth-order valence-corrected chi connectivity index (χ4v) is 3.00. The third-order valence-electron chi connectivity index (χ3n) is 2.69. The lowest BCUT2D eigenvalue weighted by Gasteiger charge is -2.05. The van der Waals surface area contributed by atoms with Gasteiger partial charge in [0.25, 0.3) is 0 Å². The minimum Gasteiger partial charge on any atom is -0.268 e. The SMILES string of the molecule is CS(=O)(=O)Nc1ccc2cc(-c3ccsc3)cnc2n1. The van der Waals surface area contributed by atoms with Crippen molar-refractivity contribution in [3.63, 3.8) is 0 Å². The van der Waals surface area contributed by atoms with Crippen LogP contribution in [0.15, 0.2) is 41.2 Å². The first kappa shape index (κ1) is 13.0. The van der Waals surface area contributed by atoms with Gasteiger partial charge in [-0.3, -0.25) is 4.72 Å². The van der Waals surface area contributed by atoms with Gasteiger partial charge in [0.1, 0.15) is 5.82 Å². The molecule has 102 valence electrons. The van der Waals surface area contributed by atoms with E-state index in [1.807, 2.05) is 17.5 Å². The monoisotopic (exact) mass is 305 g/mol. The Kier molecular flexibility index (Phi) is 3.15. The molecule has 0 amide bonds. The number of sulfonamides is 1. The minimum atomic E-state index is -3.33. The molecule has 0 radical (unpaired) electrons. The predicted octanol–water partition coefficient (Wildman–Crippen LogP) is 2.73. The Morgan fingerprint density at radius 1 is 1.20 bits per heavy atom. The van der Waals surface area contributed by atoms with E-state index in [9.17, 15) is 8.42 Å². The molecule has 3 rings (SSSR count). The summed E-state index contributed by atoms with van der Waals surface area (Å²) in [6, 6.07) is 7.45. The van der Waals surface area contributed by atoms with Crippen LogP contribution < -0.4 is 4.72 Å². The van der Waals surface area contributed by atoms with Crippen molar-refractivity contribution in [2.75, 3.05) is 11.0 Å². The zero-order valence-electron chi connectivity index (χ0n) is 10.6. The molecule has 0 aliphatic heterocycles. The van der Waals surface area contributed by atoms with Crippen LogP contribution in [0.5, 0.6) is 0 Å². The molecule has 5 nitrogen and oxygen atoms in total. The zero-order valence-corrected chi connectivity index (χ0v) is 12.2. The van der Waals surface area contributed by atoms with Crippen molar-refractivity contribution in [2.24, 2.45) is 0 Å². The lowest BCUT2D eigenvalue weighted by Crippen LogP contribution is -2.10. The lowest BCUT2D eigenvalue weighted by atomic mass is 10.1. The summed E-state index contributed by atoms with van der Waals surface area (Å²) >= 11 is 1.63. The highest BCUT2D eigenvalue weighted by atomic mass is 32.2. The van der Waals surface area contributed by atoms with Gasteiger partial charge in [0.2, 0.25) is 10.0 Å². The molecule has 20 heavy (non-hydrogen) atoms. The summed E-state index contributed by atoms with van der Waals surface area (Å²) in [4.78, 5) is 8.47. The summed E-state index contributed by atoms with van der Waals surface area (Å²) in [5.41, 5.74) is 2.64. The van der Waals surface area contributed by atoms with Crippen LogP contribution in [0.4, 0.5) is 5.82 Å². The molecular weight excluding hydrogens is 294 g/mol. The second kappa shape index (κ2) is 4.84. The molecule has 3 heterocycles. The Bertz CT molecular complexity index is 858. The van der Waals surface area contributed by atoms with Gasteiger partial charge in [-0.05, 0) is 40.6 Å². The van der Waals surface area contributed by atoms with E-state index in [0.29, 0.717) is 5.65 Å². The number of thiophene rings is 1. The van der Waals surface area contributed by atoms with Gasteiger partial charge in [-0.25, -0.2) is 18.4 Å². The maximum Gasteiger partial charge on any atom is 0.230 e. The molecule has 0 aromatic carbocycles. The van der Waals surface area contributed by atoms with Gasteiger partial charge in [-0.1, -0.05) is 0 Å². The fourth-order valence-electron chi connectivity index (χ4n) is 1.84. The third-order valence-corrected chi connectivity index (χ3v) is 3.95. The Morgan fingerprint density at radius 3 is 2.75 bits per heavy atom. The topological polar surface area (TPSA) is 72.0 Å². The van der Waals surface area contributed by atoms with Crippen molar-refractivity contribution in [3.05, 3.63) is 41.2 Å². The molecule has 0 fully saturated rings. The highest BCUT2D eigenvalue weighted by molar-refractivity contribution is 7.92. The summed E-state index contributed by atoms with van der Waals surface area (Å²) in [6.07, 6.45) is 2.83. The van der Waals surface area contributed by atoms with E-state index in [4.69, 9.17) is 0 Å². The molecule has 0 aliphatic carbocycles. The largest absolute Gasteiger partial charge is 0.268 e. The minimum absolute atomic E-state index is 0.274. The fraction of sp³-hybridized carbons (Fsp3) is 0.0769. The second-order valence-corrected chi connectivity index (χ2v) is 6.88. The molecule has 0 saturated heterocycles. The van der Waals surface area contributed by atoms with Crippen LogP contribution in [0.1, 0.15) is 0 Å². The van der Waals surface area contributed by atoms with Gasteiger partial charge in [-0.15, -0.1) is 0 Å². The smallest absolute Gasteiger partial charge is 0.230 e. The van der Waals surface area contributed by atoms with Crippen molar-refractivity contribution in [2.45, 2.75) is 0 Å². The van der Waals surface area contributed by atoms with Gasteiger partial charge in [-0.2, -0.15) is 11.3 Å². The average Bonchev–Trinajstić information content (AvgIpc) is 2.90. The van der Waals surface area contributed by atoms with Crippen molar-refractivity contribution in [3.8, 4) is 11.1 Å². The van der Waals surface area contributed by atoms with Crippen molar-refractivity contribution >= 4 is 38.2 Å². The van der Waals surface area contributed by atoms with Crippen molar-refractivity contribution in [1.29, 1.82) is 0 Å². The van der Waals surface area contributed by atoms with Gasteiger partial charge in [0, 0.05) is 17.1 Å². The highest BCUT2D eigenvalue weighted by Gasteiger charge is 2.06. The van der Waals surface area contributed by atoms with Crippen LogP contribution >= 0.6 is 11.3 Å². The van der Waals surface area contributed by atoms with E-state index in [1.54, 1.807) is 29.7 Å². The number of hydrogen-bond donors (Lipinski definition) is 1. The zero-order chi connectivity index (χ0) is 14.2. The number of nitrogens with zero attached hydrogens (tertiary/aromatic N) is 2. The predicted molar refractivity (Wildman–Crippen MR) is 81.3 cm³/mol. The normalized spacial score (nSPS) is 11.7. The van der Waals surface area contributed by atoms with Crippen LogP contribution in [0, 0.1) is 0 Å². The van der Waals surface area contributed by atoms with Crippen LogP contribution in [-0.2, 0) is 10.0 Å². The van der Waals surface area contributed by atoms with Crippen LogP contribution in [0.25, 0.3) is 22.2 Å². The first-order valence-electron chi connectivity index (χ1n) is 5.78. The van der Waals surface area contributed by atoms with Crippen LogP contribution in [0.3, 0.4) is 0 Å². The average molecular weight is 305 g/mol. The molecule has 3 aromatic rings. The molecule has 0 aliphatic rings. The van der Waals surface area contributed by atoms with Crippen molar-refractivity contribution in [1.82, 2.24) is 9.97 Å². The maximum atomic E-state index is 11.2. The Hall–Kier alpha value is -1.99.